The Morgan fingerprint density at radius 3 is 2.42 bits per heavy atom. The number of carbonyl (C=O) groups is 2. The van der Waals surface area contributed by atoms with Crippen molar-refractivity contribution in [2.45, 2.75) is 58.2 Å². The number of anilines is 1. The number of alkyl halides is 2. The molecule has 2 rings (SSSR count). The summed E-state index contributed by atoms with van der Waals surface area (Å²) in [6.45, 7) is 12.6. The van der Waals surface area contributed by atoms with Gasteiger partial charge in [0.15, 0.2) is 4.84 Å². The van der Waals surface area contributed by atoms with Crippen LogP contribution >= 0.6 is 23.2 Å². The van der Waals surface area contributed by atoms with E-state index in [1.54, 1.807) is 4.68 Å². The number of hydrogen-bond donors (Lipinski definition) is 1. The monoisotopic (exact) mass is 466 g/mol. The van der Waals surface area contributed by atoms with Gasteiger partial charge in [-0.3, -0.25) is 9.59 Å². The zero-order chi connectivity index (χ0) is 23.3. The minimum Gasteiger partial charge on any atom is -0.331 e. The van der Waals surface area contributed by atoms with E-state index in [1.807, 2.05) is 37.3 Å². The number of nitrogens with one attached hydrogen (secondary N) is 1. The van der Waals surface area contributed by atoms with Crippen LogP contribution in [0.1, 0.15) is 52.3 Å². The average Bonchev–Trinajstić information content (AvgIpc) is 3.08. The molecule has 0 aliphatic rings. The van der Waals surface area contributed by atoms with Crippen LogP contribution in [0.15, 0.2) is 30.3 Å². The standard InChI is InChI=1S/C23H32Cl2N4O2/c1-15(2)10-11-28(22(31)21(24)25)14-20(30)26-19-13-18(23(4,5)6)27-29(19)17-9-7-8-16(3)12-17/h7-9,12-13,15,21H,10-11,14H2,1-6H3,(H,26,30). The zero-order valence-corrected chi connectivity index (χ0v) is 20.6. The molecule has 31 heavy (non-hydrogen) atoms. The van der Waals surface area contributed by atoms with Crippen LogP contribution in [0.2, 0.25) is 0 Å². The van der Waals surface area contributed by atoms with E-state index in [2.05, 4.69) is 39.9 Å². The van der Waals surface area contributed by atoms with Gasteiger partial charge in [-0.1, -0.05) is 70.0 Å². The fourth-order valence-corrected chi connectivity index (χ4v) is 3.24. The number of aromatic nitrogens is 2. The highest BCUT2D eigenvalue weighted by molar-refractivity contribution is 6.53. The first-order valence-corrected chi connectivity index (χ1v) is 11.3. The Bertz CT molecular complexity index is 917. The molecule has 1 N–H and O–H groups in total. The van der Waals surface area contributed by atoms with E-state index in [9.17, 15) is 9.59 Å². The van der Waals surface area contributed by atoms with Crippen LogP contribution in [-0.4, -0.2) is 44.4 Å². The number of halogens is 2. The van der Waals surface area contributed by atoms with Crippen molar-refractivity contribution in [3.63, 3.8) is 0 Å². The second kappa shape index (κ2) is 10.5. The molecule has 0 aliphatic heterocycles. The van der Waals surface area contributed by atoms with Crippen LogP contribution in [0.4, 0.5) is 5.82 Å². The predicted octanol–water partition coefficient (Wildman–Crippen LogP) is 5.10. The molecule has 6 nitrogen and oxygen atoms in total. The third-order valence-electron chi connectivity index (χ3n) is 4.80. The maximum atomic E-state index is 12.9. The van der Waals surface area contributed by atoms with Crippen molar-refractivity contribution in [2.75, 3.05) is 18.4 Å². The van der Waals surface area contributed by atoms with Gasteiger partial charge < -0.3 is 10.2 Å². The van der Waals surface area contributed by atoms with Gasteiger partial charge in [-0.05, 0) is 37.0 Å². The SMILES string of the molecule is Cc1cccc(-n2nc(C(C)(C)C)cc2NC(=O)CN(CCC(C)C)C(=O)C(Cl)Cl)c1. The number of rotatable bonds is 8. The average molecular weight is 467 g/mol. The Hall–Kier alpha value is -2.05. The molecule has 0 fully saturated rings. The van der Waals surface area contributed by atoms with Crippen LogP contribution in [0.3, 0.4) is 0 Å². The Balaban J connectivity index is 2.29. The predicted molar refractivity (Wildman–Crippen MR) is 127 cm³/mol. The minimum absolute atomic E-state index is 0.134. The van der Waals surface area contributed by atoms with E-state index >= 15 is 0 Å². The molecular formula is C23H32Cl2N4O2. The Labute approximate surface area is 194 Å². The molecule has 8 heteroatoms. The molecule has 2 amide bonds. The lowest BCUT2D eigenvalue weighted by Gasteiger charge is -2.23. The molecular weight excluding hydrogens is 435 g/mol. The number of benzene rings is 1. The summed E-state index contributed by atoms with van der Waals surface area (Å²) < 4.78 is 1.72. The second-order valence-corrected chi connectivity index (χ2v) is 10.3. The molecule has 1 aromatic heterocycles. The van der Waals surface area contributed by atoms with Crippen LogP contribution in [-0.2, 0) is 15.0 Å². The Morgan fingerprint density at radius 1 is 1.19 bits per heavy atom. The first kappa shape index (κ1) is 25.2. The quantitative estimate of drug-likeness (QED) is 0.550. The van der Waals surface area contributed by atoms with Crippen molar-refractivity contribution in [1.29, 1.82) is 0 Å². The van der Waals surface area contributed by atoms with Gasteiger partial charge in [-0.2, -0.15) is 5.10 Å². The smallest absolute Gasteiger partial charge is 0.256 e. The molecule has 0 unspecified atom stereocenters. The molecule has 0 atom stereocenters. The van der Waals surface area contributed by atoms with Crippen molar-refractivity contribution in [3.05, 3.63) is 41.6 Å². The van der Waals surface area contributed by atoms with Crippen molar-refractivity contribution >= 4 is 40.8 Å². The largest absolute Gasteiger partial charge is 0.331 e. The molecule has 0 saturated carbocycles. The van der Waals surface area contributed by atoms with Gasteiger partial charge in [0.05, 0.1) is 17.9 Å². The molecule has 1 heterocycles. The maximum Gasteiger partial charge on any atom is 0.256 e. The molecule has 0 radical (unpaired) electrons. The summed E-state index contributed by atoms with van der Waals surface area (Å²) in [5, 5.41) is 7.64. The van der Waals surface area contributed by atoms with E-state index < -0.39 is 10.7 Å². The summed E-state index contributed by atoms with van der Waals surface area (Å²) in [5.41, 5.74) is 2.58. The van der Waals surface area contributed by atoms with Crippen molar-refractivity contribution in [1.82, 2.24) is 14.7 Å². The summed E-state index contributed by atoms with van der Waals surface area (Å²) in [4.78, 5) is 25.4. The van der Waals surface area contributed by atoms with Gasteiger partial charge in [0.25, 0.3) is 5.91 Å². The summed E-state index contributed by atoms with van der Waals surface area (Å²) in [6, 6.07) is 9.75. The van der Waals surface area contributed by atoms with E-state index in [0.717, 1.165) is 23.4 Å². The molecule has 0 bridgehead atoms. The summed E-state index contributed by atoms with van der Waals surface area (Å²) in [7, 11) is 0. The number of amides is 2. The van der Waals surface area contributed by atoms with Gasteiger partial charge in [-0.25, -0.2) is 4.68 Å². The van der Waals surface area contributed by atoms with E-state index in [0.29, 0.717) is 18.3 Å². The van der Waals surface area contributed by atoms with Gasteiger partial charge in [-0.15, -0.1) is 0 Å². The van der Waals surface area contributed by atoms with Crippen LogP contribution in [0.5, 0.6) is 0 Å². The molecule has 0 saturated heterocycles. The number of aryl methyl sites for hydroxylation is 1. The fourth-order valence-electron chi connectivity index (χ4n) is 2.97. The number of nitrogens with zero attached hydrogens (tertiary/aromatic N) is 3. The summed E-state index contributed by atoms with van der Waals surface area (Å²) in [5.74, 6) is 0.117. The first-order valence-electron chi connectivity index (χ1n) is 10.4. The van der Waals surface area contributed by atoms with Crippen LogP contribution < -0.4 is 5.32 Å². The molecule has 1 aromatic carbocycles. The van der Waals surface area contributed by atoms with Crippen LogP contribution in [0.25, 0.3) is 5.69 Å². The van der Waals surface area contributed by atoms with Gasteiger partial charge in [0, 0.05) is 18.0 Å². The van der Waals surface area contributed by atoms with Gasteiger partial charge >= 0.3 is 0 Å². The first-order chi connectivity index (χ1) is 14.4. The lowest BCUT2D eigenvalue weighted by atomic mass is 9.92. The van der Waals surface area contributed by atoms with E-state index in [4.69, 9.17) is 28.3 Å². The lowest BCUT2D eigenvalue weighted by molar-refractivity contribution is -0.133. The Morgan fingerprint density at radius 2 is 1.87 bits per heavy atom. The highest BCUT2D eigenvalue weighted by Crippen LogP contribution is 2.26. The molecule has 0 aliphatic carbocycles. The van der Waals surface area contributed by atoms with E-state index in [-0.39, 0.29) is 17.9 Å². The maximum absolute atomic E-state index is 12.9. The molecule has 2 aromatic rings. The van der Waals surface area contributed by atoms with Gasteiger partial charge in [0.2, 0.25) is 5.91 Å². The highest BCUT2D eigenvalue weighted by Gasteiger charge is 2.25. The second-order valence-electron chi connectivity index (χ2n) is 9.21. The van der Waals surface area contributed by atoms with Crippen LogP contribution in [0, 0.1) is 12.8 Å². The third kappa shape index (κ3) is 7.25. The van der Waals surface area contributed by atoms with Crippen molar-refractivity contribution in [2.24, 2.45) is 5.92 Å². The third-order valence-corrected chi connectivity index (χ3v) is 5.17. The molecule has 0 spiro atoms. The molecule has 170 valence electrons. The van der Waals surface area contributed by atoms with Gasteiger partial charge in [0.1, 0.15) is 5.82 Å². The Kier molecular flexibility index (Phi) is 8.55. The number of hydrogen-bond acceptors (Lipinski definition) is 3. The topological polar surface area (TPSA) is 67.2 Å². The summed E-state index contributed by atoms with van der Waals surface area (Å²) in [6.07, 6.45) is 0.745. The highest BCUT2D eigenvalue weighted by atomic mass is 35.5. The van der Waals surface area contributed by atoms with E-state index in [1.165, 1.54) is 4.90 Å². The number of carbonyl (C=O) groups excluding carboxylic acids is 2. The zero-order valence-electron chi connectivity index (χ0n) is 19.1. The van der Waals surface area contributed by atoms with Crippen molar-refractivity contribution in [3.8, 4) is 5.69 Å². The van der Waals surface area contributed by atoms with Crippen molar-refractivity contribution < 1.29 is 9.59 Å². The normalized spacial score (nSPS) is 11.8. The summed E-state index contributed by atoms with van der Waals surface area (Å²) >= 11 is 11.6. The lowest BCUT2D eigenvalue weighted by Crippen LogP contribution is -2.41. The minimum atomic E-state index is -1.20. The fraction of sp³-hybridized carbons (Fsp3) is 0.522.